The molecule has 0 bridgehead atoms. The molecule has 1 saturated carbocycles. The fourth-order valence-corrected chi connectivity index (χ4v) is 3.94. The zero-order valence-electron chi connectivity index (χ0n) is 17.7. The summed E-state index contributed by atoms with van der Waals surface area (Å²) in [6.07, 6.45) is 2.60. The molecule has 1 aliphatic rings. The molecule has 2 rings (SSSR count). The van der Waals surface area contributed by atoms with E-state index in [0.717, 1.165) is 30.0 Å². The molecular formula is C19H34IN5O2S. The molecule has 0 saturated heterocycles. The second-order valence-electron chi connectivity index (χ2n) is 7.14. The number of ether oxygens (including phenoxy) is 1. The monoisotopic (exact) mass is 523 g/mol. The van der Waals surface area contributed by atoms with Crippen LogP contribution in [0.2, 0.25) is 0 Å². The number of hydrogen-bond donors (Lipinski definition) is 2. The van der Waals surface area contributed by atoms with E-state index in [9.17, 15) is 4.79 Å². The second kappa shape index (κ2) is 11.9. The average Bonchev–Trinajstić information content (AvgIpc) is 3.35. The van der Waals surface area contributed by atoms with Gasteiger partial charge in [-0.2, -0.15) is 0 Å². The van der Waals surface area contributed by atoms with Crippen molar-refractivity contribution in [1.82, 2.24) is 20.5 Å². The lowest BCUT2D eigenvalue weighted by molar-refractivity contribution is 0.0531. The first-order valence-corrected chi connectivity index (χ1v) is 10.5. The highest BCUT2D eigenvalue weighted by Crippen LogP contribution is 2.34. The predicted molar refractivity (Wildman–Crippen MR) is 126 cm³/mol. The van der Waals surface area contributed by atoms with Gasteiger partial charge in [-0.3, -0.25) is 4.99 Å². The lowest BCUT2D eigenvalue weighted by atomic mass is 10.2. The molecular weight excluding hydrogens is 489 g/mol. The summed E-state index contributed by atoms with van der Waals surface area (Å²) in [4.78, 5) is 24.2. The zero-order chi connectivity index (χ0) is 20.0. The number of likely N-dealkylation sites (N-methyl/N-ethyl adjacent to an activating group) is 1. The molecule has 0 radical (unpaired) electrons. The van der Waals surface area contributed by atoms with Crippen LogP contribution in [0, 0.1) is 12.8 Å². The van der Waals surface area contributed by atoms with Crippen LogP contribution in [-0.4, -0.2) is 61.6 Å². The Balaban J connectivity index is 0.00000392. The standard InChI is InChI=1S/C19H33N5O2S.HI/c1-7-20-19(21-11-15(24(5)6)14-9-10-14)23-13(4)17-22-12(3)16(27-17)18(25)26-8-2;/h13-15H,7-11H2,1-6H3,(H2,20,21,23);1H. The number of aliphatic imine (C=N–C) groups is 1. The Labute approximate surface area is 189 Å². The van der Waals surface area contributed by atoms with E-state index < -0.39 is 0 Å². The number of hydrogen-bond acceptors (Lipinski definition) is 6. The number of nitrogens with zero attached hydrogens (tertiary/aromatic N) is 3. The minimum absolute atomic E-state index is 0. The Hall–Kier alpha value is -0.940. The number of nitrogens with one attached hydrogen (secondary N) is 2. The van der Waals surface area contributed by atoms with Crippen molar-refractivity contribution in [1.29, 1.82) is 0 Å². The van der Waals surface area contributed by atoms with Gasteiger partial charge in [0.1, 0.15) is 9.88 Å². The Morgan fingerprint density at radius 2 is 2.07 bits per heavy atom. The van der Waals surface area contributed by atoms with E-state index in [0.29, 0.717) is 23.2 Å². The van der Waals surface area contributed by atoms with Gasteiger partial charge in [0.05, 0.1) is 24.9 Å². The lowest BCUT2D eigenvalue weighted by Gasteiger charge is -2.23. The minimum atomic E-state index is -0.301. The summed E-state index contributed by atoms with van der Waals surface area (Å²) in [5.74, 6) is 1.24. The van der Waals surface area contributed by atoms with Crippen LogP contribution in [0.25, 0.3) is 0 Å². The summed E-state index contributed by atoms with van der Waals surface area (Å²) in [7, 11) is 4.24. The normalized spacial score (nSPS) is 16.3. The van der Waals surface area contributed by atoms with Crippen molar-refractivity contribution in [3.05, 3.63) is 15.6 Å². The molecule has 160 valence electrons. The molecule has 2 atom stereocenters. The lowest BCUT2D eigenvalue weighted by Crippen LogP contribution is -2.40. The molecule has 0 spiro atoms. The summed E-state index contributed by atoms with van der Waals surface area (Å²) < 4.78 is 5.11. The van der Waals surface area contributed by atoms with E-state index in [1.54, 1.807) is 6.92 Å². The number of halogens is 1. The van der Waals surface area contributed by atoms with Crippen LogP contribution < -0.4 is 10.6 Å². The number of aryl methyl sites for hydroxylation is 1. The van der Waals surface area contributed by atoms with Gasteiger partial charge in [0.2, 0.25) is 0 Å². The van der Waals surface area contributed by atoms with Crippen molar-refractivity contribution in [2.45, 2.75) is 52.6 Å². The maximum Gasteiger partial charge on any atom is 0.350 e. The third-order valence-electron chi connectivity index (χ3n) is 4.61. The van der Waals surface area contributed by atoms with Crippen molar-refractivity contribution < 1.29 is 9.53 Å². The Kier molecular flexibility index (Phi) is 10.7. The van der Waals surface area contributed by atoms with Crippen LogP contribution in [0.5, 0.6) is 0 Å². The molecule has 7 nitrogen and oxygen atoms in total. The molecule has 1 aromatic rings. The van der Waals surface area contributed by atoms with Gasteiger partial charge in [-0.15, -0.1) is 35.3 Å². The smallest absolute Gasteiger partial charge is 0.350 e. The fourth-order valence-electron chi connectivity index (χ4n) is 2.98. The number of rotatable bonds is 9. The van der Waals surface area contributed by atoms with Gasteiger partial charge < -0.3 is 20.3 Å². The van der Waals surface area contributed by atoms with Crippen LogP contribution in [0.3, 0.4) is 0 Å². The number of esters is 1. The van der Waals surface area contributed by atoms with Crippen LogP contribution in [0.4, 0.5) is 0 Å². The van der Waals surface area contributed by atoms with Crippen molar-refractivity contribution in [3.63, 3.8) is 0 Å². The second-order valence-corrected chi connectivity index (χ2v) is 8.17. The summed E-state index contributed by atoms with van der Waals surface area (Å²) in [5, 5.41) is 7.58. The third kappa shape index (κ3) is 7.14. The molecule has 1 heterocycles. The highest BCUT2D eigenvalue weighted by atomic mass is 127. The number of carbonyl (C=O) groups is 1. The van der Waals surface area contributed by atoms with Gasteiger partial charge in [-0.05, 0) is 60.5 Å². The SMILES string of the molecule is CCNC(=NCC(C1CC1)N(C)C)NC(C)c1nc(C)c(C(=O)OCC)s1.I. The zero-order valence-corrected chi connectivity index (χ0v) is 20.9. The van der Waals surface area contributed by atoms with Gasteiger partial charge in [0.15, 0.2) is 5.96 Å². The first-order valence-electron chi connectivity index (χ1n) is 9.73. The van der Waals surface area contributed by atoms with E-state index in [4.69, 9.17) is 9.73 Å². The van der Waals surface area contributed by atoms with Crippen LogP contribution in [-0.2, 0) is 4.74 Å². The van der Waals surface area contributed by atoms with Crippen LogP contribution in [0.15, 0.2) is 4.99 Å². The van der Waals surface area contributed by atoms with Crippen molar-refractivity contribution in [3.8, 4) is 0 Å². The van der Waals surface area contributed by atoms with E-state index in [1.807, 2.05) is 13.8 Å². The molecule has 28 heavy (non-hydrogen) atoms. The highest BCUT2D eigenvalue weighted by Gasteiger charge is 2.32. The summed E-state index contributed by atoms with van der Waals surface area (Å²) in [6, 6.07) is 0.432. The Bertz CT molecular complexity index is 659. The van der Waals surface area contributed by atoms with Crippen molar-refractivity contribution >= 4 is 47.2 Å². The van der Waals surface area contributed by atoms with Gasteiger partial charge >= 0.3 is 5.97 Å². The Morgan fingerprint density at radius 1 is 1.39 bits per heavy atom. The molecule has 0 aromatic carbocycles. The first-order chi connectivity index (χ1) is 12.9. The molecule has 0 aliphatic heterocycles. The topological polar surface area (TPSA) is 78.9 Å². The highest BCUT2D eigenvalue weighted by molar-refractivity contribution is 14.0. The van der Waals surface area contributed by atoms with Crippen molar-refractivity contribution in [2.75, 3.05) is 33.8 Å². The molecule has 1 aromatic heterocycles. The molecule has 9 heteroatoms. The largest absolute Gasteiger partial charge is 0.462 e. The number of thiazole rings is 1. The summed E-state index contributed by atoms with van der Waals surface area (Å²) in [6.45, 7) is 9.66. The first kappa shape index (κ1) is 25.1. The molecule has 2 unspecified atom stereocenters. The van der Waals surface area contributed by atoms with E-state index >= 15 is 0 Å². The van der Waals surface area contributed by atoms with E-state index in [-0.39, 0.29) is 36.0 Å². The van der Waals surface area contributed by atoms with Crippen molar-refractivity contribution in [2.24, 2.45) is 10.9 Å². The van der Waals surface area contributed by atoms with E-state index in [1.165, 1.54) is 24.2 Å². The van der Waals surface area contributed by atoms with E-state index in [2.05, 4.69) is 41.5 Å². The maximum atomic E-state index is 12.0. The molecule has 1 fully saturated rings. The quantitative estimate of drug-likeness (QED) is 0.224. The predicted octanol–water partition coefficient (Wildman–Crippen LogP) is 3.20. The van der Waals surface area contributed by atoms with Gasteiger partial charge in [-0.1, -0.05) is 0 Å². The van der Waals surface area contributed by atoms with Crippen LogP contribution in [0.1, 0.15) is 60.0 Å². The van der Waals surface area contributed by atoms with Gasteiger partial charge in [0.25, 0.3) is 0 Å². The fraction of sp³-hybridized carbons (Fsp3) is 0.737. The molecule has 0 amide bonds. The van der Waals surface area contributed by atoms with Gasteiger partial charge in [0, 0.05) is 12.6 Å². The average molecular weight is 523 g/mol. The van der Waals surface area contributed by atoms with Crippen LogP contribution >= 0.6 is 35.3 Å². The Morgan fingerprint density at radius 3 is 2.61 bits per heavy atom. The number of guanidine groups is 1. The number of carbonyl (C=O) groups excluding carboxylic acids is 1. The minimum Gasteiger partial charge on any atom is -0.462 e. The third-order valence-corrected chi connectivity index (χ3v) is 5.93. The summed E-state index contributed by atoms with van der Waals surface area (Å²) in [5.41, 5.74) is 0.713. The molecule has 2 N–H and O–H groups in total. The number of aromatic nitrogens is 1. The maximum absolute atomic E-state index is 12.0. The molecule has 1 aliphatic carbocycles. The summed E-state index contributed by atoms with van der Waals surface area (Å²) >= 11 is 1.38. The van der Waals surface area contributed by atoms with Gasteiger partial charge in [-0.25, -0.2) is 9.78 Å².